The van der Waals surface area contributed by atoms with Gasteiger partial charge in [0.25, 0.3) is 0 Å². The Morgan fingerprint density at radius 1 is 1.22 bits per heavy atom. The van der Waals surface area contributed by atoms with E-state index in [0.717, 1.165) is 36.6 Å². The summed E-state index contributed by atoms with van der Waals surface area (Å²) >= 11 is 3.73. The predicted molar refractivity (Wildman–Crippen MR) is 112 cm³/mol. The number of thiazole rings is 1. The second kappa shape index (κ2) is 8.10. The predicted octanol–water partition coefficient (Wildman–Crippen LogP) is 5.33. The normalized spacial score (nSPS) is 23.0. The maximum Gasteiger partial charge on any atom is 0.404 e. The molecule has 2 aromatic rings. The number of carboxylic acid groups (broad SMARTS) is 1. The van der Waals surface area contributed by atoms with Crippen molar-refractivity contribution >= 4 is 34.9 Å². The van der Waals surface area contributed by atoms with Gasteiger partial charge in [0, 0.05) is 39.6 Å². The van der Waals surface area contributed by atoms with Crippen LogP contribution in [0.25, 0.3) is 10.4 Å². The van der Waals surface area contributed by atoms with Crippen LogP contribution in [0.2, 0.25) is 0 Å². The Kier molecular flexibility index (Phi) is 5.59. The van der Waals surface area contributed by atoms with Gasteiger partial charge in [-0.1, -0.05) is 12.5 Å². The van der Waals surface area contributed by atoms with Gasteiger partial charge in [-0.3, -0.25) is 0 Å². The molecule has 7 heteroatoms. The molecule has 0 atom stereocenters. The van der Waals surface area contributed by atoms with Crippen LogP contribution in [0.3, 0.4) is 0 Å². The van der Waals surface area contributed by atoms with E-state index in [1.54, 1.807) is 11.3 Å². The van der Waals surface area contributed by atoms with Crippen molar-refractivity contribution in [3.63, 3.8) is 0 Å². The number of rotatable bonds is 5. The molecule has 0 saturated heterocycles. The first-order valence-electron chi connectivity index (χ1n) is 9.60. The van der Waals surface area contributed by atoms with Crippen molar-refractivity contribution < 1.29 is 9.90 Å². The lowest BCUT2D eigenvalue weighted by atomic mass is 9.86. The highest BCUT2D eigenvalue weighted by molar-refractivity contribution is 8.00. The number of nitrogens with zero attached hydrogens (tertiary/aromatic N) is 1. The molecule has 2 fully saturated rings. The highest BCUT2D eigenvalue weighted by Crippen LogP contribution is 2.44. The highest BCUT2D eigenvalue weighted by Gasteiger charge is 2.26. The van der Waals surface area contributed by atoms with E-state index in [2.05, 4.69) is 17.4 Å². The molecule has 27 heavy (non-hydrogen) atoms. The van der Waals surface area contributed by atoms with E-state index < -0.39 is 6.09 Å². The number of anilines is 1. The Morgan fingerprint density at radius 3 is 2.67 bits per heavy atom. The summed E-state index contributed by atoms with van der Waals surface area (Å²) in [5.74, 6) is 0.437. The fraction of sp³-hybridized carbons (Fsp3) is 0.500. The van der Waals surface area contributed by atoms with Gasteiger partial charge in [0.15, 0.2) is 0 Å². The molecule has 1 aromatic carbocycles. The molecule has 5 nitrogen and oxygen atoms in total. The quantitative estimate of drug-likeness (QED) is 0.587. The van der Waals surface area contributed by atoms with E-state index in [1.165, 1.54) is 39.6 Å². The van der Waals surface area contributed by atoms with Crippen molar-refractivity contribution in [2.45, 2.75) is 67.1 Å². The van der Waals surface area contributed by atoms with Crippen LogP contribution in [-0.4, -0.2) is 27.5 Å². The van der Waals surface area contributed by atoms with Crippen molar-refractivity contribution in [3.05, 3.63) is 29.4 Å². The molecule has 2 aliphatic rings. The smallest absolute Gasteiger partial charge is 0.404 e. The molecule has 4 N–H and O–H groups in total. The summed E-state index contributed by atoms with van der Waals surface area (Å²) in [7, 11) is 0. The number of thioether (sulfide) groups is 1. The van der Waals surface area contributed by atoms with E-state index in [0.29, 0.717) is 5.92 Å². The third-order valence-electron chi connectivity index (χ3n) is 5.54. The number of aromatic nitrogens is 1. The topological polar surface area (TPSA) is 88.2 Å². The van der Waals surface area contributed by atoms with E-state index in [4.69, 9.17) is 15.8 Å². The van der Waals surface area contributed by atoms with Gasteiger partial charge in [0.2, 0.25) is 0 Å². The van der Waals surface area contributed by atoms with Crippen molar-refractivity contribution in [1.29, 1.82) is 0 Å². The first-order valence-corrected chi connectivity index (χ1v) is 11.3. The average Bonchev–Trinajstić information content (AvgIpc) is 3.08. The zero-order valence-corrected chi connectivity index (χ0v) is 16.8. The number of nitrogen functional groups attached to an aromatic ring is 1. The molecule has 144 valence electrons. The van der Waals surface area contributed by atoms with Gasteiger partial charge < -0.3 is 16.2 Å². The average molecular weight is 404 g/mol. The SMILES string of the molecule is Nc1ccc(-c2cnc(C3CCC(NC(=O)O)CC3)s2)c(SC2CCC2)c1. The highest BCUT2D eigenvalue weighted by atomic mass is 32.2. The van der Waals surface area contributed by atoms with Gasteiger partial charge in [0.1, 0.15) is 0 Å². The molecule has 1 aromatic heterocycles. The minimum Gasteiger partial charge on any atom is -0.465 e. The van der Waals surface area contributed by atoms with Crippen molar-refractivity contribution in [1.82, 2.24) is 10.3 Å². The summed E-state index contributed by atoms with van der Waals surface area (Å²) in [6.07, 6.45) is 8.74. The maximum absolute atomic E-state index is 10.8. The van der Waals surface area contributed by atoms with Gasteiger partial charge in [-0.05, 0) is 50.7 Å². The van der Waals surface area contributed by atoms with E-state index in [1.807, 2.05) is 24.0 Å². The molecule has 0 bridgehead atoms. The van der Waals surface area contributed by atoms with E-state index >= 15 is 0 Å². The lowest BCUT2D eigenvalue weighted by molar-refractivity contribution is 0.185. The van der Waals surface area contributed by atoms with Crippen molar-refractivity contribution in [2.24, 2.45) is 0 Å². The summed E-state index contributed by atoms with van der Waals surface area (Å²) in [6, 6.07) is 6.28. The largest absolute Gasteiger partial charge is 0.465 e. The lowest BCUT2D eigenvalue weighted by Crippen LogP contribution is -2.36. The Balaban J connectivity index is 1.47. The molecule has 1 amide bonds. The van der Waals surface area contributed by atoms with Gasteiger partial charge in [0.05, 0.1) is 9.88 Å². The minimum absolute atomic E-state index is 0.0840. The number of benzene rings is 1. The fourth-order valence-corrected chi connectivity index (χ4v) is 6.40. The molecule has 2 aliphatic carbocycles. The molecule has 4 rings (SSSR count). The third-order valence-corrected chi connectivity index (χ3v) is 8.13. The standard InChI is InChI=1S/C20H25N3O2S2/c21-13-6-9-16(17(10-13)26-15-2-1-3-15)18-11-22-19(27-18)12-4-7-14(8-5-12)23-20(24)25/h6,9-12,14-15,23H,1-5,7-8,21H2,(H,24,25). The fourth-order valence-electron chi connectivity index (χ4n) is 3.77. The zero-order valence-electron chi connectivity index (χ0n) is 15.2. The molecule has 0 unspecified atom stereocenters. The Labute approximate surface area is 167 Å². The van der Waals surface area contributed by atoms with Crippen LogP contribution in [0, 0.1) is 0 Å². The first-order chi connectivity index (χ1) is 13.1. The minimum atomic E-state index is -0.921. The zero-order chi connectivity index (χ0) is 18.8. The second-order valence-corrected chi connectivity index (χ2v) is 9.89. The Morgan fingerprint density at radius 2 is 2.00 bits per heavy atom. The summed E-state index contributed by atoms with van der Waals surface area (Å²) in [5.41, 5.74) is 8.09. The second-order valence-electron chi connectivity index (χ2n) is 7.49. The van der Waals surface area contributed by atoms with Crippen LogP contribution in [0.15, 0.2) is 29.3 Å². The molecular weight excluding hydrogens is 378 g/mol. The summed E-state index contributed by atoms with van der Waals surface area (Å²) in [5, 5.41) is 13.4. The number of amides is 1. The number of nitrogens with two attached hydrogens (primary N) is 1. The van der Waals surface area contributed by atoms with Crippen molar-refractivity contribution in [3.8, 4) is 10.4 Å². The Hall–Kier alpha value is -1.73. The van der Waals surface area contributed by atoms with Gasteiger partial charge in [-0.2, -0.15) is 0 Å². The van der Waals surface area contributed by atoms with Crippen LogP contribution in [0.5, 0.6) is 0 Å². The summed E-state index contributed by atoms with van der Waals surface area (Å²) < 4.78 is 0. The number of carbonyl (C=O) groups is 1. The van der Waals surface area contributed by atoms with Crippen LogP contribution in [-0.2, 0) is 0 Å². The van der Waals surface area contributed by atoms with Crippen LogP contribution in [0.4, 0.5) is 10.5 Å². The molecule has 0 radical (unpaired) electrons. The molecular formula is C20H25N3O2S2. The molecule has 0 spiro atoms. The monoisotopic (exact) mass is 403 g/mol. The number of hydrogen-bond donors (Lipinski definition) is 3. The number of hydrogen-bond acceptors (Lipinski definition) is 5. The molecule has 0 aliphatic heterocycles. The van der Waals surface area contributed by atoms with Gasteiger partial charge in [-0.25, -0.2) is 9.78 Å². The van der Waals surface area contributed by atoms with Crippen molar-refractivity contribution in [2.75, 3.05) is 5.73 Å². The van der Waals surface area contributed by atoms with Crippen LogP contribution in [0.1, 0.15) is 55.9 Å². The van der Waals surface area contributed by atoms with Gasteiger partial charge >= 0.3 is 6.09 Å². The van der Waals surface area contributed by atoms with E-state index in [-0.39, 0.29) is 6.04 Å². The van der Waals surface area contributed by atoms with E-state index in [9.17, 15) is 4.79 Å². The van der Waals surface area contributed by atoms with Gasteiger partial charge in [-0.15, -0.1) is 23.1 Å². The van der Waals surface area contributed by atoms with Crippen LogP contribution < -0.4 is 11.1 Å². The molecule has 1 heterocycles. The molecule has 2 saturated carbocycles. The van der Waals surface area contributed by atoms with Crippen LogP contribution >= 0.6 is 23.1 Å². The first kappa shape index (κ1) is 18.6. The summed E-state index contributed by atoms with van der Waals surface area (Å²) in [6.45, 7) is 0. The summed E-state index contributed by atoms with van der Waals surface area (Å²) in [4.78, 5) is 18.0. The number of nitrogens with one attached hydrogen (secondary N) is 1. The Bertz CT molecular complexity index is 811. The lowest BCUT2D eigenvalue weighted by Gasteiger charge is -2.27. The maximum atomic E-state index is 10.8. The third kappa shape index (κ3) is 4.41.